The molecule has 1 saturated heterocycles. The number of aromatic amines is 1. The SMILES string of the molecule is O=C(c1ccc2[nH]cnc2c1)N1CCC[C@H]2c3cc(CO)ccc3C[C@H]21. The van der Waals surface area contributed by atoms with Crippen LogP contribution in [0.4, 0.5) is 0 Å². The lowest BCUT2D eigenvalue weighted by Crippen LogP contribution is -2.46. The zero-order valence-corrected chi connectivity index (χ0v) is 14.5. The van der Waals surface area contributed by atoms with Crippen LogP contribution in [-0.4, -0.2) is 38.5 Å². The fourth-order valence-corrected chi connectivity index (χ4v) is 4.65. The standard InChI is InChI=1S/C21H21N3O2/c25-11-13-3-4-14-10-20-16(17(14)8-13)2-1-7-24(20)21(26)15-5-6-18-19(9-15)23-12-22-18/h3-6,8-9,12,16,20,25H,1-2,7,10-11H2,(H,22,23)/t16-,20+/m0/s1. The predicted octanol–water partition coefficient (Wildman–Crippen LogP) is 3.00. The molecule has 1 fully saturated rings. The molecule has 0 unspecified atom stereocenters. The third-order valence-electron chi connectivity index (χ3n) is 5.93. The van der Waals surface area contributed by atoms with Gasteiger partial charge in [-0.1, -0.05) is 18.2 Å². The molecule has 2 heterocycles. The van der Waals surface area contributed by atoms with Crippen molar-refractivity contribution in [3.05, 3.63) is 65.0 Å². The number of carbonyl (C=O) groups excluding carboxylic acids is 1. The van der Waals surface area contributed by atoms with Gasteiger partial charge in [-0.25, -0.2) is 4.98 Å². The van der Waals surface area contributed by atoms with Gasteiger partial charge in [0.25, 0.3) is 5.91 Å². The molecule has 3 aromatic rings. The van der Waals surface area contributed by atoms with Crippen LogP contribution in [0, 0.1) is 0 Å². The lowest BCUT2D eigenvalue weighted by molar-refractivity contribution is 0.0595. The number of H-pyrrole nitrogens is 1. The van der Waals surface area contributed by atoms with Crippen molar-refractivity contribution in [3.63, 3.8) is 0 Å². The summed E-state index contributed by atoms with van der Waals surface area (Å²) in [7, 11) is 0. The Balaban J connectivity index is 1.47. The number of aliphatic hydroxyl groups excluding tert-OH is 1. The second-order valence-corrected chi connectivity index (χ2v) is 7.34. The van der Waals surface area contributed by atoms with Gasteiger partial charge in [-0.15, -0.1) is 0 Å². The van der Waals surface area contributed by atoms with E-state index in [2.05, 4.69) is 27.0 Å². The molecule has 0 saturated carbocycles. The number of hydrogen-bond acceptors (Lipinski definition) is 3. The van der Waals surface area contributed by atoms with Crippen molar-refractivity contribution in [1.29, 1.82) is 0 Å². The summed E-state index contributed by atoms with van der Waals surface area (Å²) in [5.41, 5.74) is 6.07. The van der Waals surface area contributed by atoms with E-state index >= 15 is 0 Å². The summed E-state index contributed by atoms with van der Waals surface area (Å²) in [4.78, 5) is 22.6. The summed E-state index contributed by atoms with van der Waals surface area (Å²) in [6.45, 7) is 0.871. The largest absolute Gasteiger partial charge is 0.392 e. The van der Waals surface area contributed by atoms with E-state index in [9.17, 15) is 9.90 Å². The lowest BCUT2D eigenvalue weighted by atomic mass is 9.87. The van der Waals surface area contributed by atoms with Crippen molar-refractivity contribution in [1.82, 2.24) is 14.9 Å². The number of amides is 1. The van der Waals surface area contributed by atoms with Crippen molar-refractivity contribution in [2.24, 2.45) is 0 Å². The first kappa shape index (κ1) is 15.6. The zero-order valence-electron chi connectivity index (χ0n) is 14.5. The molecular weight excluding hydrogens is 326 g/mol. The Bertz CT molecular complexity index is 994. The number of likely N-dealkylation sites (tertiary alicyclic amines) is 1. The minimum absolute atomic E-state index is 0.0665. The highest BCUT2D eigenvalue weighted by Gasteiger charge is 2.40. The minimum atomic E-state index is 0.0665. The Morgan fingerprint density at radius 1 is 1.27 bits per heavy atom. The van der Waals surface area contributed by atoms with Crippen molar-refractivity contribution < 1.29 is 9.90 Å². The summed E-state index contributed by atoms with van der Waals surface area (Å²) in [5.74, 6) is 0.475. The molecule has 132 valence electrons. The number of benzene rings is 2. The van der Waals surface area contributed by atoms with Crippen molar-refractivity contribution in [2.75, 3.05) is 6.54 Å². The molecule has 26 heavy (non-hydrogen) atoms. The van der Waals surface area contributed by atoms with Crippen LogP contribution in [-0.2, 0) is 13.0 Å². The predicted molar refractivity (Wildman–Crippen MR) is 99.0 cm³/mol. The number of hydrogen-bond donors (Lipinski definition) is 2. The first-order valence-electron chi connectivity index (χ1n) is 9.21. The van der Waals surface area contributed by atoms with Gasteiger partial charge in [-0.05, 0) is 54.2 Å². The second kappa shape index (κ2) is 5.95. The Morgan fingerprint density at radius 3 is 3.08 bits per heavy atom. The molecule has 1 aliphatic heterocycles. The van der Waals surface area contributed by atoms with Gasteiger partial charge in [0.2, 0.25) is 0 Å². The van der Waals surface area contributed by atoms with Crippen molar-refractivity contribution in [2.45, 2.75) is 37.8 Å². The third-order valence-corrected chi connectivity index (χ3v) is 5.93. The Morgan fingerprint density at radius 2 is 2.19 bits per heavy atom. The molecule has 5 nitrogen and oxygen atoms in total. The second-order valence-electron chi connectivity index (χ2n) is 7.34. The van der Waals surface area contributed by atoms with E-state index in [0.717, 1.165) is 42.4 Å². The van der Waals surface area contributed by atoms with Crippen LogP contribution in [0.1, 0.15) is 45.8 Å². The van der Waals surface area contributed by atoms with Gasteiger partial charge in [0, 0.05) is 24.1 Å². The summed E-state index contributed by atoms with van der Waals surface area (Å²) in [6, 6.07) is 12.2. The first-order valence-corrected chi connectivity index (χ1v) is 9.21. The average molecular weight is 347 g/mol. The van der Waals surface area contributed by atoms with Gasteiger partial charge in [-0.3, -0.25) is 4.79 Å². The minimum Gasteiger partial charge on any atom is -0.392 e. The molecule has 5 heteroatoms. The quantitative estimate of drug-likeness (QED) is 0.749. The van der Waals surface area contributed by atoms with E-state index in [0.29, 0.717) is 11.5 Å². The van der Waals surface area contributed by atoms with Gasteiger partial charge < -0.3 is 15.0 Å². The molecule has 1 amide bonds. The van der Waals surface area contributed by atoms with E-state index in [1.807, 2.05) is 24.3 Å². The Hall–Kier alpha value is -2.66. The maximum absolute atomic E-state index is 13.2. The maximum Gasteiger partial charge on any atom is 0.254 e. The molecular formula is C21H21N3O2. The van der Waals surface area contributed by atoms with Crippen molar-refractivity contribution in [3.8, 4) is 0 Å². The number of imidazole rings is 1. The van der Waals surface area contributed by atoms with Gasteiger partial charge in [0.1, 0.15) is 0 Å². The zero-order chi connectivity index (χ0) is 17.7. The maximum atomic E-state index is 13.2. The first-order chi connectivity index (χ1) is 12.7. The molecule has 5 rings (SSSR count). The third kappa shape index (κ3) is 2.35. The summed E-state index contributed by atoms with van der Waals surface area (Å²) in [6.07, 6.45) is 4.68. The summed E-state index contributed by atoms with van der Waals surface area (Å²) < 4.78 is 0. The van der Waals surface area contributed by atoms with Gasteiger partial charge in [-0.2, -0.15) is 0 Å². The molecule has 0 radical (unpaired) electrons. The molecule has 1 aromatic heterocycles. The van der Waals surface area contributed by atoms with E-state index in [-0.39, 0.29) is 18.6 Å². The van der Waals surface area contributed by atoms with E-state index in [4.69, 9.17) is 0 Å². The topological polar surface area (TPSA) is 69.2 Å². The number of nitrogens with zero attached hydrogens (tertiary/aromatic N) is 2. The van der Waals surface area contributed by atoms with E-state index < -0.39 is 0 Å². The van der Waals surface area contributed by atoms with Gasteiger partial charge in [0.05, 0.1) is 24.0 Å². The van der Waals surface area contributed by atoms with Crippen LogP contribution in [0.5, 0.6) is 0 Å². The lowest BCUT2D eigenvalue weighted by Gasteiger charge is -2.38. The Labute approximate surface area is 151 Å². The number of carbonyl (C=O) groups is 1. The molecule has 2 N–H and O–H groups in total. The molecule has 2 aromatic carbocycles. The normalized spacial score (nSPS) is 21.7. The van der Waals surface area contributed by atoms with Gasteiger partial charge in [0.15, 0.2) is 0 Å². The smallest absolute Gasteiger partial charge is 0.254 e. The molecule has 0 spiro atoms. The molecule has 2 atom stereocenters. The van der Waals surface area contributed by atoms with Crippen molar-refractivity contribution >= 4 is 16.9 Å². The molecule has 2 aliphatic rings. The Kier molecular flexibility index (Phi) is 3.57. The fourth-order valence-electron chi connectivity index (χ4n) is 4.65. The number of aromatic nitrogens is 2. The number of fused-ring (bicyclic) bond motifs is 4. The van der Waals surface area contributed by atoms with E-state index in [1.54, 1.807) is 6.33 Å². The van der Waals surface area contributed by atoms with Crippen LogP contribution in [0.3, 0.4) is 0 Å². The monoisotopic (exact) mass is 347 g/mol. The number of rotatable bonds is 2. The average Bonchev–Trinajstić information content (AvgIpc) is 3.30. The fraction of sp³-hybridized carbons (Fsp3) is 0.333. The number of piperidine rings is 1. The van der Waals surface area contributed by atoms with Gasteiger partial charge >= 0.3 is 0 Å². The highest BCUT2D eigenvalue weighted by molar-refractivity contribution is 5.97. The van der Waals surface area contributed by atoms with Crippen LogP contribution in [0.15, 0.2) is 42.7 Å². The van der Waals surface area contributed by atoms with Crippen LogP contribution < -0.4 is 0 Å². The van der Waals surface area contributed by atoms with E-state index in [1.165, 1.54) is 11.1 Å². The highest BCUT2D eigenvalue weighted by atomic mass is 16.3. The van der Waals surface area contributed by atoms with Crippen LogP contribution in [0.2, 0.25) is 0 Å². The van der Waals surface area contributed by atoms with Crippen LogP contribution >= 0.6 is 0 Å². The molecule has 0 bridgehead atoms. The van der Waals surface area contributed by atoms with Crippen LogP contribution in [0.25, 0.3) is 11.0 Å². The number of aliphatic hydroxyl groups is 1. The highest BCUT2D eigenvalue weighted by Crippen LogP contribution is 2.43. The summed E-state index contributed by atoms with van der Waals surface area (Å²) in [5, 5.41) is 9.45. The summed E-state index contributed by atoms with van der Waals surface area (Å²) >= 11 is 0. The molecule has 1 aliphatic carbocycles. The number of nitrogens with one attached hydrogen (secondary N) is 1.